The Bertz CT molecular complexity index is 1090. The summed E-state index contributed by atoms with van der Waals surface area (Å²) in [6, 6.07) is 3.55. The second-order valence-electron chi connectivity index (χ2n) is 6.63. The Labute approximate surface area is 175 Å². The number of hydrogen-bond donors (Lipinski definition) is 1. The number of nitrogens with two attached hydrogens (primary N) is 1. The Kier molecular flexibility index (Phi) is 4.89. The molecule has 1 aliphatic carbocycles. The highest BCUT2D eigenvalue weighted by Crippen LogP contribution is 2.56. The predicted octanol–water partition coefficient (Wildman–Crippen LogP) is 3.99. The fraction of sp³-hybridized carbons (Fsp3) is 0.294. The Morgan fingerprint density at radius 2 is 2.10 bits per heavy atom. The molecule has 0 bridgehead atoms. The maximum Gasteiger partial charge on any atom is 0.282 e. The monoisotopic (exact) mass is 489 g/mol. The minimum Gasteiger partial charge on any atom is -0.368 e. The summed E-state index contributed by atoms with van der Waals surface area (Å²) in [6.07, 6.45) is -1.58. The molecule has 0 radical (unpaired) electrons. The van der Waals surface area contributed by atoms with Gasteiger partial charge >= 0.3 is 0 Å². The fourth-order valence-electron chi connectivity index (χ4n) is 3.22. The molecule has 0 saturated heterocycles. The third-order valence-electron chi connectivity index (χ3n) is 4.64. The molecule has 2 N–H and O–H groups in total. The largest absolute Gasteiger partial charge is 0.368 e. The van der Waals surface area contributed by atoms with Crippen LogP contribution < -0.4 is 5.73 Å². The molecule has 2 heterocycles. The van der Waals surface area contributed by atoms with Crippen LogP contribution in [-0.2, 0) is 16.8 Å². The van der Waals surface area contributed by atoms with Gasteiger partial charge in [0.15, 0.2) is 5.82 Å². The number of carbonyl (C=O) groups excluding carboxylic acids is 1. The van der Waals surface area contributed by atoms with Crippen LogP contribution in [0.2, 0.25) is 5.02 Å². The molecule has 4 rings (SSSR count). The van der Waals surface area contributed by atoms with E-state index in [1.807, 2.05) is 0 Å². The van der Waals surface area contributed by atoms with Crippen molar-refractivity contribution in [3.8, 4) is 11.6 Å². The van der Waals surface area contributed by atoms with Gasteiger partial charge in [-0.3, -0.25) is 4.79 Å². The number of alkyl halides is 2. The standard InChI is InChI=1S/C17H12BrClF3N5O2/c18-8-3-7(20)4-9(19)13(8)17(1-2-17)16-24-15(29-26-16)11-5-10(14(21)22)25-27(11)6-12(23)28/h3-5,14H,1-2,6H2,(H2,23,28). The summed E-state index contributed by atoms with van der Waals surface area (Å²) >= 11 is 9.57. The highest BCUT2D eigenvalue weighted by Gasteiger charge is 2.52. The lowest BCUT2D eigenvalue weighted by Crippen LogP contribution is -2.20. The zero-order chi connectivity index (χ0) is 20.9. The lowest BCUT2D eigenvalue weighted by molar-refractivity contribution is -0.118. The Hall–Kier alpha value is -2.40. The minimum atomic E-state index is -2.85. The summed E-state index contributed by atoms with van der Waals surface area (Å²) in [5, 5.41) is 7.86. The zero-order valence-electron chi connectivity index (χ0n) is 14.5. The van der Waals surface area contributed by atoms with Crippen LogP contribution in [-0.4, -0.2) is 25.8 Å². The summed E-state index contributed by atoms with van der Waals surface area (Å²) in [5.74, 6) is -1.09. The molecule has 0 aliphatic heterocycles. The maximum absolute atomic E-state index is 13.6. The van der Waals surface area contributed by atoms with Crippen LogP contribution in [0.5, 0.6) is 0 Å². The van der Waals surface area contributed by atoms with Gasteiger partial charge in [0.1, 0.15) is 23.7 Å². The molecule has 1 aromatic carbocycles. The Morgan fingerprint density at radius 1 is 1.38 bits per heavy atom. The summed E-state index contributed by atoms with van der Waals surface area (Å²) in [7, 11) is 0. The van der Waals surface area contributed by atoms with Gasteiger partial charge in [-0.2, -0.15) is 10.1 Å². The van der Waals surface area contributed by atoms with E-state index in [1.165, 1.54) is 12.1 Å². The molecule has 1 amide bonds. The Balaban J connectivity index is 1.76. The van der Waals surface area contributed by atoms with Gasteiger partial charge < -0.3 is 10.3 Å². The van der Waals surface area contributed by atoms with Crippen molar-refractivity contribution in [2.75, 3.05) is 0 Å². The third-order valence-corrected chi connectivity index (χ3v) is 5.56. The van der Waals surface area contributed by atoms with Crippen molar-refractivity contribution in [3.05, 3.63) is 50.6 Å². The van der Waals surface area contributed by atoms with E-state index in [-0.39, 0.29) is 22.4 Å². The van der Waals surface area contributed by atoms with Gasteiger partial charge in [-0.1, -0.05) is 32.7 Å². The summed E-state index contributed by atoms with van der Waals surface area (Å²) in [4.78, 5) is 15.6. The topological polar surface area (TPSA) is 99.8 Å². The van der Waals surface area contributed by atoms with Crippen molar-refractivity contribution >= 4 is 33.4 Å². The normalized spacial score (nSPS) is 15.1. The van der Waals surface area contributed by atoms with Gasteiger partial charge in [0.2, 0.25) is 5.91 Å². The van der Waals surface area contributed by atoms with E-state index in [2.05, 4.69) is 31.2 Å². The lowest BCUT2D eigenvalue weighted by Gasteiger charge is -2.15. The first-order valence-corrected chi connectivity index (χ1v) is 9.52. The predicted molar refractivity (Wildman–Crippen MR) is 98.8 cm³/mol. The molecule has 29 heavy (non-hydrogen) atoms. The molecule has 3 aromatic rings. The van der Waals surface area contributed by atoms with E-state index >= 15 is 0 Å². The first-order chi connectivity index (χ1) is 13.7. The number of nitrogens with zero attached hydrogens (tertiary/aromatic N) is 4. The zero-order valence-corrected chi connectivity index (χ0v) is 16.8. The molecular weight excluding hydrogens is 479 g/mol. The van der Waals surface area contributed by atoms with E-state index in [0.717, 1.165) is 10.7 Å². The molecule has 1 fully saturated rings. The maximum atomic E-state index is 13.6. The molecule has 1 aliphatic rings. The smallest absolute Gasteiger partial charge is 0.282 e. The van der Waals surface area contributed by atoms with Crippen molar-refractivity contribution < 1.29 is 22.5 Å². The first-order valence-electron chi connectivity index (χ1n) is 8.35. The molecule has 0 atom stereocenters. The molecule has 152 valence electrons. The SMILES string of the molecule is NC(=O)Cn1nc(C(F)F)cc1-c1nc(C2(c3c(Cl)cc(F)cc3Br)CC2)no1. The van der Waals surface area contributed by atoms with Crippen molar-refractivity contribution in [2.45, 2.75) is 31.2 Å². The van der Waals surface area contributed by atoms with Gasteiger partial charge in [0, 0.05) is 9.50 Å². The molecule has 12 heteroatoms. The van der Waals surface area contributed by atoms with Gasteiger partial charge in [-0.25, -0.2) is 17.9 Å². The number of halogens is 5. The van der Waals surface area contributed by atoms with E-state index in [4.69, 9.17) is 21.9 Å². The average Bonchev–Trinajstić information content (AvgIpc) is 3.06. The molecule has 0 spiro atoms. The van der Waals surface area contributed by atoms with Crippen molar-refractivity contribution in [1.82, 2.24) is 19.9 Å². The number of aromatic nitrogens is 4. The number of amides is 1. The highest BCUT2D eigenvalue weighted by atomic mass is 79.9. The van der Waals surface area contributed by atoms with E-state index < -0.39 is 35.8 Å². The molecule has 0 unspecified atom stereocenters. The van der Waals surface area contributed by atoms with Crippen molar-refractivity contribution in [1.29, 1.82) is 0 Å². The number of primary amides is 1. The van der Waals surface area contributed by atoms with Crippen LogP contribution >= 0.6 is 27.5 Å². The fourth-order valence-corrected chi connectivity index (χ4v) is 4.53. The lowest BCUT2D eigenvalue weighted by atomic mass is 9.95. The van der Waals surface area contributed by atoms with E-state index in [9.17, 15) is 18.0 Å². The van der Waals surface area contributed by atoms with Crippen LogP contribution in [0.25, 0.3) is 11.6 Å². The van der Waals surface area contributed by atoms with Crippen LogP contribution in [0.4, 0.5) is 13.2 Å². The van der Waals surface area contributed by atoms with Gasteiger partial charge in [0.05, 0.1) is 5.41 Å². The minimum absolute atomic E-state index is 0.0397. The average molecular weight is 491 g/mol. The van der Waals surface area contributed by atoms with Gasteiger partial charge in [-0.05, 0) is 36.6 Å². The number of carbonyl (C=O) groups is 1. The molecule has 7 nitrogen and oxygen atoms in total. The van der Waals surface area contributed by atoms with E-state index in [0.29, 0.717) is 22.9 Å². The van der Waals surface area contributed by atoms with Crippen LogP contribution in [0.3, 0.4) is 0 Å². The second kappa shape index (κ2) is 7.13. The summed E-state index contributed by atoms with van der Waals surface area (Å²) in [5.41, 5.74) is 4.58. The number of benzene rings is 1. The molecule has 1 saturated carbocycles. The molecular formula is C17H12BrClF3N5O2. The quantitative estimate of drug-likeness (QED) is 0.563. The van der Waals surface area contributed by atoms with Gasteiger partial charge in [0.25, 0.3) is 12.3 Å². The van der Waals surface area contributed by atoms with Gasteiger partial charge in [-0.15, -0.1) is 0 Å². The Morgan fingerprint density at radius 3 is 2.69 bits per heavy atom. The van der Waals surface area contributed by atoms with Crippen molar-refractivity contribution in [2.24, 2.45) is 5.73 Å². The highest BCUT2D eigenvalue weighted by molar-refractivity contribution is 9.10. The van der Waals surface area contributed by atoms with Crippen molar-refractivity contribution in [3.63, 3.8) is 0 Å². The van der Waals surface area contributed by atoms with Crippen LogP contribution in [0.1, 0.15) is 36.3 Å². The molecule has 2 aromatic heterocycles. The first kappa shape index (κ1) is 19.9. The summed E-state index contributed by atoms with van der Waals surface area (Å²) in [6.45, 7) is -0.430. The van der Waals surface area contributed by atoms with E-state index in [1.54, 1.807) is 0 Å². The summed E-state index contributed by atoms with van der Waals surface area (Å²) < 4.78 is 46.4. The number of rotatable bonds is 6. The number of hydrogen-bond acceptors (Lipinski definition) is 5. The van der Waals surface area contributed by atoms with Crippen LogP contribution in [0, 0.1) is 5.82 Å². The third kappa shape index (κ3) is 3.52. The van der Waals surface area contributed by atoms with Crippen LogP contribution in [0.15, 0.2) is 27.2 Å². The second-order valence-corrected chi connectivity index (χ2v) is 7.89.